The summed E-state index contributed by atoms with van der Waals surface area (Å²) in [4.78, 5) is 12.3. The van der Waals surface area contributed by atoms with Crippen LogP contribution in [-0.4, -0.2) is 28.3 Å². The molecule has 0 N–H and O–H groups in total. The zero-order chi connectivity index (χ0) is 18.9. The van der Waals surface area contributed by atoms with E-state index in [0.717, 1.165) is 4.68 Å². The molecule has 1 aromatic heterocycles. The Hall–Kier alpha value is -1.67. The van der Waals surface area contributed by atoms with Crippen LogP contribution in [0.15, 0.2) is 0 Å². The van der Waals surface area contributed by atoms with Gasteiger partial charge < -0.3 is 4.74 Å². The number of fused-ring (bicyclic) bond motifs is 1. The molecule has 144 valence electrons. The van der Waals surface area contributed by atoms with E-state index in [1.54, 1.807) is 0 Å². The van der Waals surface area contributed by atoms with Crippen molar-refractivity contribution in [2.75, 3.05) is 6.61 Å². The van der Waals surface area contributed by atoms with Crippen LogP contribution in [0.25, 0.3) is 0 Å². The molecule has 0 aliphatic heterocycles. The van der Waals surface area contributed by atoms with Crippen molar-refractivity contribution in [1.82, 2.24) is 9.78 Å². The van der Waals surface area contributed by atoms with Gasteiger partial charge in [-0.3, -0.25) is 4.68 Å². The van der Waals surface area contributed by atoms with Gasteiger partial charge in [0.1, 0.15) is 5.56 Å². The van der Waals surface area contributed by atoms with Crippen LogP contribution in [0.4, 0.5) is 22.0 Å². The largest absolute Gasteiger partial charge is 0.461 e. The zero-order valence-corrected chi connectivity index (χ0v) is 14.2. The molecule has 0 aromatic carbocycles. The van der Waals surface area contributed by atoms with E-state index in [4.69, 9.17) is 4.74 Å². The molecule has 4 aliphatic carbocycles. The average molecular weight is 378 g/mol. The second-order valence-corrected chi connectivity index (χ2v) is 7.72. The van der Waals surface area contributed by atoms with Crippen LogP contribution in [0.1, 0.15) is 66.7 Å². The Morgan fingerprint density at radius 1 is 1.27 bits per heavy atom. The molecule has 4 aliphatic rings. The lowest BCUT2D eigenvalue weighted by Crippen LogP contribution is -2.43. The molecule has 0 radical (unpaired) electrons. The third kappa shape index (κ3) is 2.53. The van der Waals surface area contributed by atoms with Gasteiger partial charge in [0.05, 0.1) is 24.3 Å². The van der Waals surface area contributed by atoms with Crippen LogP contribution in [0.2, 0.25) is 0 Å². The Labute approximate surface area is 146 Å². The second-order valence-electron chi connectivity index (χ2n) is 7.72. The minimum absolute atomic E-state index is 0.100. The summed E-state index contributed by atoms with van der Waals surface area (Å²) in [5.41, 5.74) is -3.47. The Balaban J connectivity index is 1.80. The van der Waals surface area contributed by atoms with Crippen LogP contribution in [0.5, 0.6) is 0 Å². The monoisotopic (exact) mass is 378 g/mol. The lowest BCUT2D eigenvalue weighted by molar-refractivity contribution is -0.139. The normalized spacial score (nSPS) is 29.5. The molecule has 1 heterocycles. The lowest BCUT2D eigenvalue weighted by Gasteiger charge is -2.40. The SMILES string of the molecule is CCOC(=O)c1c(C(F)(F)F)c(C2CC2)nn1CC12CC(CC1(F)F)C2. The molecule has 4 nitrogen and oxygen atoms in total. The predicted octanol–water partition coefficient (Wildman–Crippen LogP) is 4.39. The Morgan fingerprint density at radius 3 is 2.38 bits per heavy atom. The fraction of sp³-hybridized carbons (Fsp3) is 0.765. The van der Waals surface area contributed by atoms with E-state index < -0.39 is 34.7 Å². The van der Waals surface area contributed by atoms with Crippen molar-refractivity contribution < 1.29 is 31.5 Å². The highest BCUT2D eigenvalue weighted by Crippen LogP contribution is 2.67. The van der Waals surface area contributed by atoms with Crippen LogP contribution in [0, 0.1) is 11.3 Å². The van der Waals surface area contributed by atoms with E-state index in [-0.39, 0.29) is 49.9 Å². The first-order valence-electron chi connectivity index (χ1n) is 8.81. The van der Waals surface area contributed by atoms with Gasteiger partial charge in [-0.2, -0.15) is 18.3 Å². The highest BCUT2D eigenvalue weighted by molar-refractivity contribution is 5.90. The lowest BCUT2D eigenvalue weighted by atomic mass is 9.68. The second kappa shape index (κ2) is 5.42. The van der Waals surface area contributed by atoms with Crippen LogP contribution in [0.3, 0.4) is 0 Å². The predicted molar refractivity (Wildman–Crippen MR) is 79.9 cm³/mol. The topological polar surface area (TPSA) is 44.1 Å². The first-order chi connectivity index (χ1) is 12.1. The highest BCUT2D eigenvalue weighted by Gasteiger charge is 2.69. The number of carbonyl (C=O) groups is 1. The molecule has 0 atom stereocenters. The van der Waals surface area contributed by atoms with E-state index in [1.165, 1.54) is 6.92 Å². The maximum absolute atomic E-state index is 14.3. The van der Waals surface area contributed by atoms with Crippen LogP contribution < -0.4 is 0 Å². The molecule has 26 heavy (non-hydrogen) atoms. The van der Waals surface area contributed by atoms with E-state index in [9.17, 15) is 26.7 Å². The van der Waals surface area contributed by atoms with E-state index in [0.29, 0.717) is 12.8 Å². The van der Waals surface area contributed by atoms with Gasteiger partial charge in [0, 0.05) is 12.3 Å². The summed E-state index contributed by atoms with van der Waals surface area (Å²) in [6.45, 7) is 0.984. The summed E-state index contributed by atoms with van der Waals surface area (Å²) >= 11 is 0. The molecule has 0 spiro atoms. The molecule has 2 bridgehead atoms. The van der Waals surface area contributed by atoms with Crippen molar-refractivity contribution in [3.63, 3.8) is 0 Å². The number of rotatable bonds is 5. The van der Waals surface area contributed by atoms with Gasteiger partial charge in [-0.15, -0.1) is 0 Å². The molecule has 4 saturated carbocycles. The van der Waals surface area contributed by atoms with Crippen molar-refractivity contribution in [3.8, 4) is 0 Å². The number of nitrogens with zero attached hydrogens (tertiary/aromatic N) is 2. The van der Waals surface area contributed by atoms with Gasteiger partial charge in [-0.25, -0.2) is 13.6 Å². The van der Waals surface area contributed by atoms with Gasteiger partial charge in [-0.05, 0) is 38.5 Å². The number of carbonyl (C=O) groups excluding carboxylic acids is 1. The third-order valence-electron chi connectivity index (χ3n) is 5.83. The quantitative estimate of drug-likeness (QED) is 0.564. The van der Waals surface area contributed by atoms with Gasteiger partial charge in [0.25, 0.3) is 5.92 Å². The maximum atomic E-state index is 14.3. The standard InChI is InChI=1S/C17H19F5N2O2/c1-2-26-14(25)13-11(17(20,21)22)12(10-3-4-10)23-24(13)8-15-5-9(6-15)7-16(15,18)19/h9-10H,2-8H2,1H3. The Kier molecular flexibility index (Phi) is 3.70. The first-order valence-corrected chi connectivity index (χ1v) is 8.81. The minimum atomic E-state index is -4.80. The van der Waals surface area contributed by atoms with Gasteiger partial charge >= 0.3 is 12.1 Å². The fourth-order valence-corrected chi connectivity index (χ4v) is 4.52. The minimum Gasteiger partial charge on any atom is -0.461 e. The summed E-state index contributed by atoms with van der Waals surface area (Å²) in [5.74, 6) is -4.59. The van der Waals surface area contributed by atoms with Crippen molar-refractivity contribution in [2.24, 2.45) is 11.3 Å². The summed E-state index contributed by atoms with van der Waals surface area (Å²) < 4.78 is 75.3. The number of alkyl halides is 5. The zero-order valence-electron chi connectivity index (χ0n) is 14.2. The number of hydrogen-bond donors (Lipinski definition) is 0. The van der Waals surface area contributed by atoms with Gasteiger partial charge in [0.2, 0.25) is 0 Å². The number of aromatic nitrogens is 2. The summed E-state index contributed by atoms with van der Waals surface area (Å²) in [6, 6.07) is 0. The molecule has 0 saturated heterocycles. The van der Waals surface area contributed by atoms with E-state index in [2.05, 4.69) is 5.10 Å². The average Bonchev–Trinajstić information content (AvgIpc) is 3.13. The summed E-state index contributed by atoms with van der Waals surface area (Å²) in [6.07, 6.45) is -3.44. The number of ether oxygens (including phenoxy) is 1. The van der Waals surface area contributed by atoms with Crippen molar-refractivity contribution >= 4 is 5.97 Å². The van der Waals surface area contributed by atoms with Crippen LogP contribution >= 0.6 is 0 Å². The Bertz CT molecular complexity index is 745. The molecule has 1 aromatic rings. The molecule has 4 fully saturated rings. The molecule has 0 amide bonds. The number of halogens is 5. The smallest absolute Gasteiger partial charge is 0.420 e. The molecule has 0 unspecified atom stereocenters. The van der Waals surface area contributed by atoms with Crippen LogP contribution in [-0.2, 0) is 17.5 Å². The highest BCUT2D eigenvalue weighted by atomic mass is 19.4. The fourth-order valence-electron chi connectivity index (χ4n) is 4.52. The van der Waals surface area contributed by atoms with Crippen molar-refractivity contribution in [1.29, 1.82) is 0 Å². The maximum Gasteiger partial charge on any atom is 0.420 e. The summed E-state index contributed by atoms with van der Waals surface area (Å²) in [5, 5.41) is 4.00. The Morgan fingerprint density at radius 2 is 1.92 bits per heavy atom. The van der Waals surface area contributed by atoms with E-state index >= 15 is 0 Å². The van der Waals surface area contributed by atoms with Crippen molar-refractivity contribution in [3.05, 3.63) is 17.0 Å². The molecular formula is C17H19F5N2O2. The molecule has 9 heteroatoms. The molecular weight excluding hydrogens is 359 g/mol. The third-order valence-corrected chi connectivity index (χ3v) is 5.83. The number of esters is 1. The number of hydrogen-bond acceptors (Lipinski definition) is 3. The van der Waals surface area contributed by atoms with Gasteiger partial charge in [-0.1, -0.05) is 0 Å². The summed E-state index contributed by atoms with van der Waals surface area (Å²) in [7, 11) is 0. The first kappa shape index (κ1) is 17.7. The van der Waals surface area contributed by atoms with Crippen molar-refractivity contribution in [2.45, 2.75) is 63.6 Å². The van der Waals surface area contributed by atoms with E-state index in [1.807, 2.05) is 0 Å². The van der Waals surface area contributed by atoms with Gasteiger partial charge in [0.15, 0.2) is 5.69 Å². The molecule has 5 rings (SSSR count).